The molecule has 0 saturated carbocycles. The van der Waals surface area contributed by atoms with E-state index in [4.69, 9.17) is 0 Å². The SMILES string of the molecule is Cc1cccc2c1SCCN(Cn1nc3ccccc3n1)C2. The molecule has 5 heteroatoms. The molecule has 0 N–H and O–H groups in total. The maximum atomic E-state index is 4.57. The van der Waals surface area contributed by atoms with E-state index in [2.05, 4.69) is 40.2 Å². The van der Waals surface area contributed by atoms with Gasteiger partial charge in [0.15, 0.2) is 0 Å². The van der Waals surface area contributed by atoms with Crippen LogP contribution in [0, 0.1) is 6.92 Å². The third-order valence-corrected chi connectivity index (χ3v) is 5.26. The van der Waals surface area contributed by atoms with Crippen molar-refractivity contribution in [1.29, 1.82) is 0 Å². The fourth-order valence-electron chi connectivity index (χ4n) is 2.91. The van der Waals surface area contributed by atoms with Gasteiger partial charge < -0.3 is 0 Å². The Balaban J connectivity index is 1.58. The fraction of sp³-hybridized carbons (Fsp3) is 0.294. The van der Waals surface area contributed by atoms with Crippen LogP contribution in [0.5, 0.6) is 0 Å². The Hall–Kier alpha value is -1.85. The lowest BCUT2D eigenvalue weighted by atomic mass is 10.1. The molecule has 3 aromatic rings. The van der Waals surface area contributed by atoms with E-state index in [0.29, 0.717) is 0 Å². The number of nitrogens with zero attached hydrogens (tertiary/aromatic N) is 4. The average molecular weight is 310 g/mol. The second-order valence-electron chi connectivity index (χ2n) is 5.67. The summed E-state index contributed by atoms with van der Waals surface area (Å²) in [6.45, 7) is 4.95. The lowest BCUT2D eigenvalue weighted by Crippen LogP contribution is -2.28. The van der Waals surface area contributed by atoms with Gasteiger partial charge in [-0.2, -0.15) is 15.0 Å². The first-order valence-electron chi connectivity index (χ1n) is 7.53. The molecule has 1 aromatic heterocycles. The van der Waals surface area contributed by atoms with Crippen molar-refractivity contribution < 1.29 is 0 Å². The Labute approximate surface area is 134 Å². The maximum Gasteiger partial charge on any atom is 0.113 e. The van der Waals surface area contributed by atoms with Gasteiger partial charge in [-0.15, -0.1) is 11.8 Å². The zero-order valence-electron chi connectivity index (χ0n) is 12.6. The van der Waals surface area contributed by atoms with Crippen LogP contribution in [-0.2, 0) is 13.2 Å². The van der Waals surface area contributed by atoms with E-state index in [-0.39, 0.29) is 0 Å². The summed E-state index contributed by atoms with van der Waals surface area (Å²) >= 11 is 1.96. The lowest BCUT2D eigenvalue weighted by Gasteiger charge is -2.19. The topological polar surface area (TPSA) is 34.0 Å². The minimum absolute atomic E-state index is 0.739. The number of aryl methyl sites for hydroxylation is 1. The number of aromatic nitrogens is 3. The largest absolute Gasteiger partial charge is 0.278 e. The van der Waals surface area contributed by atoms with Crippen molar-refractivity contribution in [2.75, 3.05) is 12.3 Å². The van der Waals surface area contributed by atoms with Gasteiger partial charge >= 0.3 is 0 Å². The first-order valence-corrected chi connectivity index (χ1v) is 8.52. The van der Waals surface area contributed by atoms with Gasteiger partial charge in [0.05, 0.1) is 0 Å². The fourth-order valence-corrected chi connectivity index (χ4v) is 4.08. The van der Waals surface area contributed by atoms with Crippen molar-refractivity contribution >= 4 is 22.8 Å². The minimum Gasteiger partial charge on any atom is -0.278 e. The standard InChI is InChI=1S/C17H18N4S/c1-13-5-4-6-14-11-20(9-10-22-17(13)14)12-21-18-15-7-2-3-8-16(15)19-21/h2-8H,9-12H2,1H3. The van der Waals surface area contributed by atoms with Gasteiger partial charge in [0.1, 0.15) is 17.7 Å². The predicted octanol–water partition coefficient (Wildman–Crippen LogP) is 3.31. The number of fused-ring (bicyclic) bond motifs is 2. The van der Waals surface area contributed by atoms with Gasteiger partial charge in [-0.05, 0) is 30.2 Å². The molecule has 0 saturated heterocycles. The summed E-state index contributed by atoms with van der Waals surface area (Å²) in [6.07, 6.45) is 0. The average Bonchev–Trinajstić information content (AvgIpc) is 2.80. The molecule has 0 spiro atoms. The Bertz CT molecular complexity index is 778. The van der Waals surface area contributed by atoms with E-state index < -0.39 is 0 Å². The van der Waals surface area contributed by atoms with E-state index in [0.717, 1.165) is 36.5 Å². The molecule has 0 atom stereocenters. The van der Waals surface area contributed by atoms with E-state index in [1.54, 1.807) is 0 Å². The normalized spacial score (nSPS) is 15.7. The quantitative estimate of drug-likeness (QED) is 0.727. The van der Waals surface area contributed by atoms with Crippen molar-refractivity contribution in [3.8, 4) is 0 Å². The molecule has 0 aliphatic carbocycles. The molecule has 2 heterocycles. The van der Waals surface area contributed by atoms with Gasteiger partial charge in [-0.25, -0.2) is 0 Å². The van der Waals surface area contributed by atoms with Crippen LogP contribution in [0.15, 0.2) is 47.4 Å². The molecule has 0 amide bonds. The highest BCUT2D eigenvalue weighted by atomic mass is 32.2. The van der Waals surface area contributed by atoms with Crippen LogP contribution in [0.3, 0.4) is 0 Å². The van der Waals surface area contributed by atoms with Crippen molar-refractivity contribution in [3.63, 3.8) is 0 Å². The first kappa shape index (κ1) is 13.8. The highest BCUT2D eigenvalue weighted by Crippen LogP contribution is 2.30. The molecule has 0 bridgehead atoms. The monoisotopic (exact) mass is 310 g/mol. The number of thioether (sulfide) groups is 1. The Morgan fingerprint density at radius 1 is 1.05 bits per heavy atom. The Kier molecular flexibility index (Phi) is 3.60. The molecule has 22 heavy (non-hydrogen) atoms. The van der Waals surface area contributed by atoms with Gasteiger partial charge in [-0.1, -0.05) is 30.3 Å². The summed E-state index contributed by atoms with van der Waals surface area (Å²) in [4.78, 5) is 5.68. The lowest BCUT2D eigenvalue weighted by molar-refractivity contribution is 0.198. The van der Waals surface area contributed by atoms with Gasteiger partial charge in [-0.3, -0.25) is 4.90 Å². The summed E-state index contributed by atoms with van der Waals surface area (Å²) in [6, 6.07) is 14.6. The zero-order valence-corrected chi connectivity index (χ0v) is 13.4. The van der Waals surface area contributed by atoms with E-state index >= 15 is 0 Å². The van der Waals surface area contributed by atoms with Crippen molar-refractivity contribution in [1.82, 2.24) is 19.9 Å². The van der Waals surface area contributed by atoms with E-state index in [1.165, 1.54) is 16.0 Å². The number of hydrogen-bond donors (Lipinski definition) is 0. The van der Waals surface area contributed by atoms with E-state index in [1.807, 2.05) is 40.8 Å². The van der Waals surface area contributed by atoms with Crippen LogP contribution >= 0.6 is 11.8 Å². The Morgan fingerprint density at radius 2 is 1.82 bits per heavy atom. The highest BCUT2D eigenvalue weighted by molar-refractivity contribution is 7.99. The van der Waals surface area contributed by atoms with E-state index in [9.17, 15) is 0 Å². The van der Waals surface area contributed by atoms with Crippen molar-refractivity contribution in [2.24, 2.45) is 0 Å². The van der Waals surface area contributed by atoms with Crippen LogP contribution < -0.4 is 0 Å². The number of benzene rings is 2. The van der Waals surface area contributed by atoms with Crippen molar-refractivity contribution in [3.05, 3.63) is 53.6 Å². The molecule has 0 fully saturated rings. The van der Waals surface area contributed by atoms with Crippen LogP contribution in [0.4, 0.5) is 0 Å². The molecule has 2 aromatic carbocycles. The molecule has 0 radical (unpaired) electrons. The molecule has 112 valence electrons. The first-order chi connectivity index (χ1) is 10.8. The summed E-state index contributed by atoms with van der Waals surface area (Å²) < 4.78 is 0. The molecular weight excluding hydrogens is 292 g/mol. The molecular formula is C17H18N4S. The van der Waals surface area contributed by atoms with Gasteiger partial charge in [0, 0.05) is 23.7 Å². The third-order valence-electron chi connectivity index (χ3n) is 4.00. The maximum absolute atomic E-state index is 4.57. The molecule has 1 aliphatic rings. The summed E-state index contributed by atoms with van der Waals surface area (Å²) in [5, 5.41) is 9.14. The number of hydrogen-bond acceptors (Lipinski definition) is 4. The molecule has 4 rings (SSSR count). The smallest absolute Gasteiger partial charge is 0.113 e. The summed E-state index contributed by atoms with van der Waals surface area (Å²) in [7, 11) is 0. The predicted molar refractivity (Wildman–Crippen MR) is 89.8 cm³/mol. The second kappa shape index (κ2) is 5.74. The molecule has 0 unspecified atom stereocenters. The summed E-state index contributed by atoms with van der Waals surface area (Å²) in [5.41, 5.74) is 4.72. The van der Waals surface area contributed by atoms with Crippen LogP contribution in [0.2, 0.25) is 0 Å². The van der Waals surface area contributed by atoms with Crippen LogP contribution in [-0.4, -0.2) is 32.2 Å². The molecule has 1 aliphatic heterocycles. The van der Waals surface area contributed by atoms with Crippen molar-refractivity contribution in [2.45, 2.75) is 25.0 Å². The highest BCUT2D eigenvalue weighted by Gasteiger charge is 2.17. The minimum atomic E-state index is 0.739. The number of rotatable bonds is 2. The van der Waals surface area contributed by atoms with Crippen LogP contribution in [0.1, 0.15) is 11.1 Å². The van der Waals surface area contributed by atoms with Crippen LogP contribution in [0.25, 0.3) is 11.0 Å². The Morgan fingerprint density at radius 3 is 2.59 bits per heavy atom. The zero-order chi connectivity index (χ0) is 14.9. The molecule has 4 nitrogen and oxygen atoms in total. The summed E-state index contributed by atoms with van der Waals surface area (Å²) in [5.74, 6) is 1.11. The van der Waals surface area contributed by atoms with Gasteiger partial charge in [0.2, 0.25) is 0 Å². The van der Waals surface area contributed by atoms with Gasteiger partial charge in [0.25, 0.3) is 0 Å². The third kappa shape index (κ3) is 2.62. The second-order valence-corrected chi connectivity index (χ2v) is 6.77.